The number of carbonyl (C=O) groups excluding carboxylic acids is 1. The Bertz CT molecular complexity index is 849. The van der Waals surface area contributed by atoms with Crippen molar-refractivity contribution < 1.29 is 13.2 Å². The molecule has 2 aromatic rings. The molecule has 2 rings (SSSR count). The van der Waals surface area contributed by atoms with E-state index >= 15 is 0 Å². The number of amides is 1. The van der Waals surface area contributed by atoms with Gasteiger partial charge in [0.2, 0.25) is 5.91 Å². The molecule has 0 radical (unpaired) electrons. The molecule has 2 aromatic carbocycles. The van der Waals surface area contributed by atoms with Crippen molar-refractivity contribution >= 4 is 27.5 Å². The van der Waals surface area contributed by atoms with Gasteiger partial charge in [0.15, 0.2) is 9.84 Å². The zero-order valence-electron chi connectivity index (χ0n) is 14.7. The molecule has 0 heterocycles. The molecule has 1 N–H and O–H groups in total. The fourth-order valence-electron chi connectivity index (χ4n) is 2.26. The second-order valence-electron chi connectivity index (χ2n) is 6.07. The Kier molecular flexibility index (Phi) is 6.15. The SMILES string of the molecule is CCS(=O)(=O)c1ccc(NC(=O)/C=C/c2ccc(C(C)C)cc2)cc1. The topological polar surface area (TPSA) is 63.2 Å². The smallest absolute Gasteiger partial charge is 0.248 e. The van der Waals surface area contributed by atoms with Gasteiger partial charge in [-0.05, 0) is 47.4 Å². The number of sulfone groups is 1. The molecule has 0 aliphatic heterocycles. The van der Waals surface area contributed by atoms with Crippen molar-refractivity contribution in [2.75, 3.05) is 11.1 Å². The molecule has 132 valence electrons. The highest BCUT2D eigenvalue weighted by Gasteiger charge is 2.10. The highest BCUT2D eigenvalue weighted by molar-refractivity contribution is 7.91. The third-order valence-corrected chi connectivity index (χ3v) is 5.64. The van der Waals surface area contributed by atoms with E-state index in [1.807, 2.05) is 12.1 Å². The zero-order valence-corrected chi connectivity index (χ0v) is 15.5. The Morgan fingerprint density at radius 2 is 1.64 bits per heavy atom. The van der Waals surface area contributed by atoms with Crippen molar-refractivity contribution in [1.82, 2.24) is 0 Å². The molecule has 25 heavy (non-hydrogen) atoms. The van der Waals surface area contributed by atoms with E-state index in [0.29, 0.717) is 11.6 Å². The van der Waals surface area contributed by atoms with Gasteiger partial charge in [-0.25, -0.2) is 8.42 Å². The maximum Gasteiger partial charge on any atom is 0.248 e. The molecule has 5 heteroatoms. The summed E-state index contributed by atoms with van der Waals surface area (Å²) in [6, 6.07) is 14.2. The molecule has 0 unspecified atom stereocenters. The summed E-state index contributed by atoms with van der Waals surface area (Å²) in [6.45, 7) is 5.87. The first-order valence-corrected chi connectivity index (χ1v) is 9.89. The van der Waals surface area contributed by atoms with Crippen LogP contribution in [0.3, 0.4) is 0 Å². The van der Waals surface area contributed by atoms with Gasteiger partial charge in [0.05, 0.1) is 10.6 Å². The summed E-state index contributed by atoms with van der Waals surface area (Å²) in [5.74, 6) is 0.261. The van der Waals surface area contributed by atoms with Crippen molar-refractivity contribution in [3.63, 3.8) is 0 Å². The van der Waals surface area contributed by atoms with E-state index in [-0.39, 0.29) is 16.6 Å². The first kappa shape index (κ1) is 18.9. The largest absolute Gasteiger partial charge is 0.323 e. The lowest BCUT2D eigenvalue weighted by molar-refractivity contribution is -0.111. The van der Waals surface area contributed by atoms with Crippen LogP contribution >= 0.6 is 0 Å². The van der Waals surface area contributed by atoms with Gasteiger partial charge >= 0.3 is 0 Å². The van der Waals surface area contributed by atoms with Crippen molar-refractivity contribution in [3.05, 3.63) is 65.7 Å². The van der Waals surface area contributed by atoms with E-state index in [0.717, 1.165) is 5.56 Å². The predicted molar refractivity (Wildman–Crippen MR) is 102 cm³/mol. The molecular weight excluding hydrogens is 334 g/mol. The third kappa shape index (κ3) is 5.29. The molecule has 0 aliphatic carbocycles. The minimum atomic E-state index is -3.23. The molecule has 1 amide bonds. The zero-order chi connectivity index (χ0) is 18.4. The Balaban J connectivity index is 2.00. The van der Waals surface area contributed by atoms with Gasteiger partial charge in [-0.1, -0.05) is 45.0 Å². The van der Waals surface area contributed by atoms with Gasteiger partial charge in [-0.3, -0.25) is 4.79 Å². The van der Waals surface area contributed by atoms with Gasteiger partial charge in [-0.2, -0.15) is 0 Å². The minimum absolute atomic E-state index is 0.0526. The number of hydrogen-bond acceptors (Lipinski definition) is 3. The molecule has 0 spiro atoms. The van der Waals surface area contributed by atoms with Crippen LogP contribution in [-0.4, -0.2) is 20.1 Å². The maximum atomic E-state index is 12.0. The number of hydrogen-bond donors (Lipinski definition) is 1. The van der Waals surface area contributed by atoms with Crippen LogP contribution in [0.5, 0.6) is 0 Å². The lowest BCUT2D eigenvalue weighted by Gasteiger charge is -2.05. The minimum Gasteiger partial charge on any atom is -0.323 e. The summed E-state index contributed by atoms with van der Waals surface area (Å²) in [4.78, 5) is 12.2. The monoisotopic (exact) mass is 357 g/mol. The Morgan fingerprint density at radius 1 is 1.04 bits per heavy atom. The summed E-state index contributed by atoms with van der Waals surface area (Å²) >= 11 is 0. The number of rotatable bonds is 6. The molecule has 0 saturated carbocycles. The summed E-state index contributed by atoms with van der Waals surface area (Å²) in [5.41, 5.74) is 2.76. The standard InChI is InChI=1S/C20H23NO3S/c1-4-25(23,24)19-12-10-18(11-13-19)21-20(22)14-7-16-5-8-17(9-6-16)15(2)3/h5-15H,4H2,1-3H3,(H,21,22)/b14-7+. The number of anilines is 1. The van der Waals surface area contributed by atoms with E-state index in [2.05, 4.69) is 31.3 Å². The van der Waals surface area contributed by atoms with Crippen molar-refractivity contribution in [2.24, 2.45) is 0 Å². The first-order chi connectivity index (χ1) is 11.8. The summed E-state index contributed by atoms with van der Waals surface area (Å²) in [7, 11) is -3.23. The van der Waals surface area contributed by atoms with Gasteiger partial charge in [-0.15, -0.1) is 0 Å². The van der Waals surface area contributed by atoms with Crippen molar-refractivity contribution in [2.45, 2.75) is 31.6 Å². The molecular formula is C20H23NO3S. The average molecular weight is 357 g/mol. The second kappa shape index (κ2) is 8.12. The van der Waals surface area contributed by atoms with Gasteiger partial charge in [0.25, 0.3) is 0 Å². The van der Waals surface area contributed by atoms with Crippen LogP contribution in [0, 0.1) is 0 Å². The molecule has 0 bridgehead atoms. The number of benzene rings is 2. The Morgan fingerprint density at radius 3 is 2.16 bits per heavy atom. The highest BCUT2D eigenvalue weighted by Crippen LogP contribution is 2.17. The summed E-state index contributed by atoms with van der Waals surface area (Å²) in [5, 5.41) is 2.72. The molecule has 4 nitrogen and oxygen atoms in total. The fraction of sp³-hybridized carbons (Fsp3) is 0.250. The third-order valence-electron chi connectivity index (χ3n) is 3.89. The Hall–Kier alpha value is -2.40. The number of carbonyl (C=O) groups is 1. The summed E-state index contributed by atoms with van der Waals surface area (Å²) in [6.07, 6.45) is 3.20. The van der Waals surface area contributed by atoms with Crippen LogP contribution in [0.25, 0.3) is 6.08 Å². The van der Waals surface area contributed by atoms with Crippen LogP contribution in [0.4, 0.5) is 5.69 Å². The maximum absolute atomic E-state index is 12.0. The molecule has 0 saturated heterocycles. The van der Waals surface area contributed by atoms with Crippen LogP contribution < -0.4 is 5.32 Å². The van der Waals surface area contributed by atoms with Crippen LogP contribution in [-0.2, 0) is 14.6 Å². The quantitative estimate of drug-likeness (QED) is 0.786. The molecule has 0 atom stereocenters. The molecule has 0 aromatic heterocycles. The second-order valence-corrected chi connectivity index (χ2v) is 8.35. The number of nitrogens with one attached hydrogen (secondary N) is 1. The Labute approximate surface area is 149 Å². The summed E-state index contributed by atoms with van der Waals surface area (Å²) < 4.78 is 23.5. The predicted octanol–water partition coefficient (Wildman–Crippen LogP) is 4.26. The van der Waals surface area contributed by atoms with E-state index < -0.39 is 9.84 Å². The van der Waals surface area contributed by atoms with Crippen LogP contribution in [0.1, 0.15) is 37.8 Å². The van der Waals surface area contributed by atoms with Gasteiger partial charge in [0, 0.05) is 11.8 Å². The van der Waals surface area contributed by atoms with Gasteiger partial charge in [0.1, 0.15) is 0 Å². The highest BCUT2D eigenvalue weighted by atomic mass is 32.2. The van der Waals surface area contributed by atoms with E-state index in [1.165, 1.54) is 23.8 Å². The molecule has 0 fully saturated rings. The first-order valence-electron chi connectivity index (χ1n) is 8.23. The van der Waals surface area contributed by atoms with Crippen LogP contribution in [0.2, 0.25) is 0 Å². The fourth-order valence-corrected chi connectivity index (χ4v) is 3.14. The van der Waals surface area contributed by atoms with E-state index in [9.17, 15) is 13.2 Å². The van der Waals surface area contributed by atoms with Crippen molar-refractivity contribution in [3.8, 4) is 0 Å². The van der Waals surface area contributed by atoms with Crippen molar-refractivity contribution in [1.29, 1.82) is 0 Å². The van der Waals surface area contributed by atoms with Crippen LogP contribution in [0.15, 0.2) is 59.5 Å². The molecule has 0 aliphatic rings. The van der Waals surface area contributed by atoms with Gasteiger partial charge < -0.3 is 5.32 Å². The normalized spacial score (nSPS) is 11.8. The lowest BCUT2D eigenvalue weighted by Crippen LogP contribution is -2.08. The lowest BCUT2D eigenvalue weighted by atomic mass is 10.0. The van der Waals surface area contributed by atoms with E-state index in [1.54, 1.807) is 25.1 Å². The average Bonchev–Trinajstić information content (AvgIpc) is 2.61. The van der Waals surface area contributed by atoms with E-state index in [4.69, 9.17) is 0 Å².